The van der Waals surface area contributed by atoms with Crippen LogP contribution in [-0.2, 0) is 0 Å². The van der Waals surface area contributed by atoms with Crippen LogP contribution in [-0.4, -0.2) is 26.2 Å². The van der Waals surface area contributed by atoms with Crippen molar-refractivity contribution in [3.05, 3.63) is 64.8 Å². The molecular formula is C18H12Cl2N4OS. The Balaban J connectivity index is 1.75. The number of rotatable bonds is 4. The van der Waals surface area contributed by atoms with Crippen LogP contribution in [0.2, 0.25) is 10.0 Å². The Bertz CT molecular complexity index is 1060. The molecule has 0 radical (unpaired) electrons. The van der Waals surface area contributed by atoms with E-state index in [2.05, 4.69) is 15.2 Å². The molecule has 2 aromatic heterocycles. The lowest BCUT2D eigenvalue weighted by atomic mass is 10.2. The van der Waals surface area contributed by atoms with Gasteiger partial charge in [-0.2, -0.15) is 10.1 Å². The maximum Gasteiger partial charge on any atom is 0.259 e. The van der Waals surface area contributed by atoms with E-state index in [9.17, 15) is 0 Å². The van der Waals surface area contributed by atoms with E-state index in [0.717, 1.165) is 16.3 Å². The summed E-state index contributed by atoms with van der Waals surface area (Å²) in [4.78, 5) is 4.48. The molecule has 0 saturated carbocycles. The maximum absolute atomic E-state index is 6.23. The summed E-state index contributed by atoms with van der Waals surface area (Å²) in [6.45, 7) is 0. The van der Waals surface area contributed by atoms with Crippen molar-refractivity contribution >= 4 is 35.0 Å². The van der Waals surface area contributed by atoms with Gasteiger partial charge in [-0.15, -0.1) is 11.8 Å². The molecule has 0 unspecified atom stereocenters. The lowest BCUT2D eigenvalue weighted by Gasteiger charge is -1.98. The summed E-state index contributed by atoms with van der Waals surface area (Å²) in [7, 11) is 0. The molecule has 8 heteroatoms. The van der Waals surface area contributed by atoms with Gasteiger partial charge in [0.15, 0.2) is 0 Å². The second-order valence-corrected chi connectivity index (χ2v) is 7.02. The Morgan fingerprint density at radius 1 is 1.04 bits per heavy atom. The van der Waals surface area contributed by atoms with E-state index in [4.69, 9.17) is 27.7 Å². The highest BCUT2D eigenvalue weighted by molar-refractivity contribution is 7.98. The molecule has 0 fully saturated rings. The van der Waals surface area contributed by atoms with Crippen molar-refractivity contribution in [1.29, 1.82) is 0 Å². The lowest BCUT2D eigenvalue weighted by molar-refractivity contribution is 0.432. The minimum absolute atomic E-state index is 0.334. The summed E-state index contributed by atoms with van der Waals surface area (Å²) in [5, 5.41) is 10.5. The summed E-state index contributed by atoms with van der Waals surface area (Å²) in [6.07, 6.45) is 3.84. The third kappa shape index (κ3) is 3.23. The Labute approximate surface area is 163 Å². The number of aromatic nitrogens is 4. The van der Waals surface area contributed by atoms with Crippen LogP contribution < -0.4 is 0 Å². The summed E-state index contributed by atoms with van der Waals surface area (Å²) >= 11 is 13.7. The number of nitrogens with zero attached hydrogens (tertiary/aromatic N) is 4. The fraction of sp³-hybridized carbons (Fsp3) is 0.0556. The van der Waals surface area contributed by atoms with Gasteiger partial charge in [-0.25, -0.2) is 4.68 Å². The Morgan fingerprint density at radius 2 is 1.85 bits per heavy atom. The predicted molar refractivity (Wildman–Crippen MR) is 104 cm³/mol. The zero-order valence-corrected chi connectivity index (χ0v) is 15.9. The highest BCUT2D eigenvalue weighted by atomic mass is 35.5. The van der Waals surface area contributed by atoms with Crippen LogP contribution in [0.3, 0.4) is 0 Å². The van der Waals surface area contributed by atoms with Gasteiger partial charge in [0.2, 0.25) is 5.82 Å². The molecule has 0 amide bonds. The number of halogens is 2. The molecule has 2 heterocycles. The predicted octanol–water partition coefficient (Wildman–Crippen LogP) is 5.62. The molecule has 0 aliphatic carbocycles. The van der Waals surface area contributed by atoms with Crippen molar-refractivity contribution in [2.75, 3.05) is 6.26 Å². The second-order valence-electron chi connectivity index (χ2n) is 5.38. The lowest BCUT2D eigenvalue weighted by Crippen LogP contribution is -1.93. The molecule has 0 atom stereocenters. The largest absolute Gasteiger partial charge is 0.334 e. The van der Waals surface area contributed by atoms with Gasteiger partial charge in [-0.1, -0.05) is 46.6 Å². The first-order chi connectivity index (χ1) is 12.7. The quantitative estimate of drug-likeness (QED) is 0.414. The molecule has 2 aromatic carbocycles. The summed E-state index contributed by atoms with van der Waals surface area (Å²) in [5.74, 6) is 0.790. The number of benzene rings is 2. The van der Waals surface area contributed by atoms with Gasteiger partial charge in [0.1, 0.15) is 5.03 Å². The normalized spacial score (nSPS) is 11.0. The van der Waals surface area contributed by atoms with Crippen molar-refractivity contribution in [3.8, 4) is 28.5 Å². The SMILES string of the molecule is CSc1nn(-c2ccccc2)cc1-c1noc(-c2ccc(Cl)cc2Cl)n1. The first-order valence-corrected chi connectivity index (χ1v) is 9.62. The highest BCUT2D eigenvalue weighted by Gasteiger charge is 2.19. The van der Waals surface area contributed by atoms with E-state index in [-0.39, 0.29) is 0 Å². The Morgan fingerprint density at radius 3 is 2.58 bits per heavy atom. The average molecular weight is 403 g/mol. The van der Waals surface area contributed by atoms with E-state index in [1.54, 1.807) is 22.9 Å². The fourth-order valence-corrected chi connectivity index (χ4v) is 3.50. The van der Waals surface area contributed by atoms with Gasteiger partial charge >= 0.3 is 0 Å². The summed E-state index contributed by atoms with van der Waals surface area (Å²) in [5.41, 5.74) is 2.39. The van der Waals surface area contributed by atoms with Crippen LogP contribution in [0.15, 0.2) is 64.3 Å². The van der Waals surface area contributed by atoms with E-state index in [1.165, 1.54) is 11.8 Å². The number of hydrogen-bond donors (Lipinski definition) is 0. The molecule has 130 valence electrons. The number of thioether (sulfide) groups is 1. The zero-order valence-electron chi connectivity index (χ0n) is 13.6. The molecule has 0 N–H and O–H groups in total. The molecule has 0 bridgehead atoms. The molecule has 5 nitrogen and oxygen atoms in total. The fourth-order valence-electron chi connectivity index (χ4n) is 2.48. The van der Waals surface area contributed by atoms with Gasteiger partial charge in [-0.05, 0) is 36.6 Å². The van der Waals surface area contributed by atoms with Crippen molar-refractivity contribution in [1.82, 2.24) is 19.9 Å². The molecule has 0 aliphatic heterocycles. The van der Waals surface area contributed by atoms with Gasteiger partial charge in [0.05, 0.1) is 21.8 Å². The molecule has 26 heavy (non-hydrogen) atoms. The van der Waals surface area contributed by atoms with Crippen molar-refractivity contribution in [2.45, 2.75) is 5.03 Å². The van der Waals surface area contributed by atoms with Crippen LogP contribution in [0.4, 0.5) is 0 Å². The van der Waals surface area contributed by atoms with E-state index < -0.39 is 0 Å². The highest BCUT2D eigenvalue weighted by Crippen LogP contribution is 2.33. The van der Waals surface area contributed by atoms with Crippen LogP contribution in [0, 0.1) is 0 Å². The molecule has 0 saturated heterocycles. The first-order valence-electron chi connectivity index (χ1n) is 7.64. The Hall–Kier alpha value is -2.28. The first kappa shape index (κ1) is 17.1. The van der Waals surface area contributed by atoms with Crippen molar-refractivity contribution < 1.29 is 4.52 Å². The van der Waals surface area contributed by atoms with E-state index in [0.29, 0.717) is 27.3 Å². The second kappa shape index (κ2) is 7.15. The van der Waals surface area contributed by atoms with Gasteiger partial charge < -0.3 is 4.52 Å². The van der Waals surface area contributed by atoms with Crippen LogP contribution in [0.1, 0.15) is 0 Å². The molecule has 0 aliphatic rings. The average Bonchev–Trinajstić information content (AvgIpc) is 3.29. The van der Waals surface area contributed by atoms with Gasteiger partial charge in [-0.3, -0.25) is 0 Å². The Kier molecular flexibility index (Phi) is 4.72. The van der Waals surface area contributed by atoms with Crippen molar-refractivity contribution in [2.24, 2.45) is 0 Å². The summed E-state index contributed by atoms with van der Waals surface area (Å²) in [6, 6.07) is 15.0. The van der Waals surface area contributed by atoms with Crippen LogP contribution >= 0.6 is 35.0 Å². The van der Waals surface area contributed by atoms with Crippen LogP contribution in [0.5, 0.6) is 0 Å². The smallest absolute Gasteiger partial charge is 0.259 e. The molecular weight excluding hydrogens is 391 g/mol. The van der Waals surface area contributed by atoms with Gasteiger partial charge in [0, 0.05) is 11.2 Å². The molecule has 4 aromatic rings. The van der Waals surface area contributed by atoms with E-state index in [1.807, 2.05) is 42.8 Å². The standard InChI is InChI=1S/C18H12Cl2N4OS/c1-26-18-14(10-24(22-18)12-5-3-2-4-6-12)16-21-17(25-23-16)13-8-7-11(19)9-15(13)20/h2-10H,1H3. The number of para-hydroxylation sites is 1. The van der Waals surface area contributed by atoms with E-state index >= 15 is 0 Å². The number of hydrogen-bond acceptors (Lipinski definition) is 5. The maximum atomic E-state index is 6.23. The third-order valence-corrected chi connectivity index (χ3v) is 4.96. The molecule has 0 spiro atoms. The monoisotopic (exact) mass is 402 g/mol. The summed E-state index contributed by atoms with van der Waals surface area (Å²) < 4.78 is 7.20. The van der Waals surface area contributed by atoms with Crippen molar-refractivity contribution in [3.63, 3.8) is 0 Å². The minimum Gasteiger partial charge on any atom is -0.334 e. The minimum atomic E-state index is 0.334. The van der Waals surface area contributed by atoms with Crippen LogP contribution in [0.25, 0.3) is 28.5 Å². The van der Waals surface area contributed by atoms with Gasteiger partial charge in [0.25, 0.3) is 5.89 Å². The topological polar surface area (TPSA) is 56.7 Å². The molecule has 4 rings (SSSR count). The third-order valence-electron chi connectivity index (χ3n) is 3.72. The zero-order chi connectivity index (χ0) is 18.1.